The normalized spacial score (nSPS) is 36.8. The molecule has 2 saturated heterocycles. The minimum absolute atomic E-state index is 0.0728. The highest BCUT2D eigenvalue weighted by Gasteiger charge is 2.44. The van der Waals surface area contributed by atoms with Crippen LogP contribution >= 0.6 is 0 Å². The fourth-order valence-electron chi connectivity index (χ4n) is 2.01. The summed E-state index contributed by atoms with van der Waals surface area (Å²) in [5, 5.41) is 0. The van der Waals surface area contributed by atoms with E-state index in [1.165, 1.54) is 6.92 Å². The average Bonchev–Trinajstić information content (AvgIpc) is 2.55. The summed E-state index contributed by atoms with van der Waals surface area (Å²) in [4.78, 5) is 10.7. The van der Waals surface area contributed by atoms with Crippen molar-refractivity contribution in [3.8, 4) is 0 Å². The van der Waals surface area contributed by atoms with Crippen molar-refractivity contribution in [3.63, 3.8) is 0 Å². The molecule has 92 valence electrons. The first-order chi connectivity index (χ1) is 7.46. The smallest absolute Gasteiger partial charge is 0.302 e. The molecule has 2 aliphatic heterocycles. The van der Waals surface area contributed by atoms with E-state index in [1.807, 2.05) is 13.8 Å². The molecule has 2 rings (SSSR count). The minimum atomic E-state index is -0.586. The van der Waals surface area contributed by atoms with Crippen molar-refractivity contribution in [2.45, 2.75) is 45.4 Å². The van der Waals surface area contributed by atoms with Crippen LogP contribution in [0.1, 0.15) is 27.2 Å². The van der Waals surface area contributed by atoms with Crippen molar-refractivity contribution in [1.29, 1.82) is 0 Å². The van der Waals surface area contributed by atoms with Crippen molar-refractivity contribution < 1.29 is 23.7 Å². The molecule has 3 atom stereocenters. The van der Waals surface area contributed by atoms with Gasteiger partial charge in [-0.1, -0.05) is 0 Å². The summed E-state index contributed by atoms with van der Waals surface area (Å²) >= 11 is 0. The third kappa shape index (κ3) is 2.72. The maximum absolute atomic E-state index is 10.7. The SMILES string of the molecule is CC(=O)OC[C@@H]1C[C@H]2COC(C)(C)O[C@@H]2O1. The van der Waals surface area contributed by atoms with E-state index in [-0.39, 0.29) is 24.3 Å². The molecule has 0 aliphatic carbocycles. The van der Waals surface area contributed by atoms with Crippen molar-refractivity contribution in [3.05, 3.63) is 0 Å². The molecule has 16 heavy (non-hydrogen) atoms. The fraction of sp³-hybridized carbons (Fsp3) is 0.909. The van der Waals surface area contributed by atoms with Gasteiger partial charge in [-0.3, -0.25) is 4.79 Å². The van der Waals surface area contributed by atoms with Gasteiger partial charge < -0.3 is 18.9 Å². The van der Waals surface area contributed by atoms with Crippen molar-refractivity contribution in [1.82, 2.24) is 0 Å². The molecule has 0 aromatic heterocycles. The first-order valence-corrected chi connectivity index (χ1v) is 5.57. The highest BCUT2D eigenvalue weighted by Crippen LogP contribution is 2.35. The Hall–Kier alpha value is -0.650. The number of fused-ring (bicyclic) bond motifs is 1. The van der Waals surface area contributed by atoms with E-state index in [4.69, 9.17) is 18.9 Å². The molecule has 0 radical (unpaired) electrons. The van der Waals surface area contributed by atoms with Crippen LogP contribution < -0.4 is 0 Å². The quantitative estimate of drug-likeness (QED) is 0.664. The van der Waals surface area contributed by atoms with Crippen LogP contribution in [0.15, 0.2) is 0 Å². The monoisotopic (exact) mass is 230 g/mol. The second-order valence-electron chi connectivity index (χ2n) is 4.75. The Balaban J connectivity index is 1.84. The van der Waals surface area contributed by atoms with Crippen molar-refractivity contribution in [2.75, 3.05) is 13.2 Å². The van der Waals surface area contributed by atoms with E-state index in [9.17, 15) is 4.79 Å². The predicted octanol–water partition coefficient (Wildman–Crippen LogP) is 1.06. The lowest BCUT2D eigenvalue weighted by molar-refractivity contribution is -0.336. The molecule has 0 saturated carbocycles. The predicted molar refractivity (Wildman–Crippen MR) is 54.5 cm³/mol. The maximum Gasteiger partial charge on any atom is 0.302 e. The molecule has 0 aromatic rings. The maximum atomic E-state index is 10.7. The molecule has 2 fully saturated rings. The minimum Gasteiger partial charge on any atom is -0.463 e. The van der Waals surface area contributed by atoms with Crippen molar-refractivity contribution >= 4 is 5.97 Å². The summed E-state index contributed by atoms with van der Waals surface area (Å²) in [6, 6.07) is 0. The van der Waals surface area contributed by atoms with Crippen LogP contribution in [0.4, 0.5) is 0 Å². The molecular weight excluding hydrogens is 212 g/mol. The molecule has 0 spiro atoms. The first-order valence-electron chi connectivity index (χ1n) is 5.57. The number of ether oxygens (including phenoxy) is 4. The van der Waals surface area contributed by atoms with Gasteiger partial charge in [0.25, 0.3) is 0 Å². The lowest BCUT2D eigenvalue weighted by Gasteiger charge is -2.36. The van der Waals surface area contributed by atoms with Crippen molar-refractivity contribution in [2.24, 2.45) is 5.92 Å². The Morgan fingerprint density at radius 2 is 2.25 bits per heavy atom. The van der Waals surface area contributed by atoms with Crippen LogP contribution in [0.5, 0.6) is 0 Å². The van der Waals surface area contributed by atoms with E-state index in [0.717, 1.165) is 6.42 Å². The van der Waals surface area contributed by atoms with Crippen LogP contribution in [-0.2, 0) is 23.7 Å². The summed E-state index contributed by atoms with van der Waals surface area (Å²) in [6.45, 7) is 6.06. The Labute approximate surface area is 95.0 Å². The van der Waals surface area contributed by atoms with E-state index < -0.39 is 5.79 Å². The number of rotatable bonds is 2. The van der Waals surface area contributed by atoms with Gasteiger partial charge in [0, 0.05) is 12.8 Å². The van der Waals surface area contributed by atoms with E-state index in [0.29, 0.717) is 13.2 Å². The van der Waals surface area contributed by atoms with Crippen LogP contribution in [0.3, 0.4) is 0 Å². The molecule has 0 aromatic carbocycles. The highest BCUT2D eigenvalue weighted by molar-refractivity contribution is 5.65. The largest absolute Gasteiger partial charge is 0.463 e. The molecular formula is C11H18O5. The number of carbonyl (C=O) groups excluding carboxylic acids is 1. The molecule has 5 heteroatoms. The number of hydrogen-bond donors (Lipinski definition) is 0. The fourth-order valence-corrected chi connectivity index (χ4v) is 2.01. The Bertz CT molecular complexity index is 276. The number of hydrogen-bond acceptors (Lipinski definition) is 5. The van der Waals surface area contributed by atoms with Crippen LogP contribution in [0.2, 0.25) is 0 Å². The van der Waals surface area contributed by atoms with Gasteiger partial charge in [0.05, 0.1) is 12.7 Å². The summed E-state index contributed by atoms with van der Waals surface area (Å²) < 4.78 is 21.8. The Morgan fingerprint density at radius 3 is 2.94 bits per heavy atom. The lowest BCUT2D eigenvalue weighted by atomic mass is 10.0. The van der Waals surface area contributed by atoms with Crippen LogP contribution in [0.25, 0.3) is 0 Å². The first kappa shape index (κ1) is 11.8. The highest BCUT2D eigenvalue weighted by atomic mass is 16.8. The van der Waals surface area contributed by atoms with Gasteiger partial charge in [0.2, 0.25) is 0 Å². The zero-order valence-corrected chi connectivity index (χ0v) is 9.89. The summed E-state index contributed by atoms with van der Waals surface area (Å²) in [6.07, 6.45) is 0.509. The van der Waals surface area contributed by atoms with Gasteiger partial charge in [-0.15, -0.1) is 0 Å². The number of carbonyl (C=O) groups is 1. The molecule has 5 nitrogen and oxygen atoms in total. The Kier molecular flexibility index (Phi) is 3.19. The topological polar surface area (TPSA) is 54.0 Å². The van der Waals surface area contributed by atoms with Gasteiger partial charge in [0.1, 0.15) is 6.61 Å². The third-order valence-electron chi connectivity index (χ3n) is 2.79. The van der Waals surface area contributed by atoms with Gasteiger partial charge >= 0.3 is 5.97 Å². The molecule has 2 heterocycles. The van der Waals surface area contributed by atoms with Crippen LogP contribution in [0, 0.1) is 5.92 Å². The Morgan fingerprint density at radius 1 is 1.50 bits per heavy atom. The van der Waals surface area contributed by atoms with E-state index in [2.05, 4.69) is 0 Å². The van der Waals surface area contributed by atoms with E-state index >= 15 is 0 Å². The van der Waals surface area contributed by atoms with Crippen LogP contribution in [-0.4, -0.2) is 37.4 Å². The summed E-state index contributed by atoms with van der Waals surface area (Å²) in [5.74, 6) is -0.623. The van der Waals surface area contributed by atoms with Gasteiger partial charge in [0.15, 0.2) is 12.1 Å². The van der Waals surface area contributed by atoms with E-state index in [1.54, 1.807) is 0 Å². The molecule has 0 N–H and O–H groups in total. The standard InChI is InChI=1S/C11H18O5/c1-7(12)13-6-9-4-8-5-14-11(2,3)16-10(8)15-9/h8-10H,4-6H2,1-3H3/t8-,9-,10-/m0/s1. The molecule has 0 unspecified atom stereocenters. The zero-order valence-electron chi connectivity index (χ0n) is 9.89. The zero-order chi connectivity index (χ0) is 11.8. The average molecular weight is 230 g/mol. The molecule has 2 aliphatic rings. The third-order valence-corrected chi connectivity index (χ3v) is 2.79. The van der Waals surface area contributed by atoms with Gasteiger partial charge in [-0.25, -0.2) is 0 Å². The number of esters is 1. The summed E-state index contributed by atoms with van der Waals surface area (Å²) in [5.41, 5.74) is 0. The molecule has 0 amide bonds. The summed E-state index contributed by atoms with van der Waals surface area (Å²) in [7, 11) is 0. The lowest BCUT2D eigenvalue weighted by Crippen LogP contribution is -2.43. The second kappa shape index (κ2) is 4.31. The van der Waals surface area contributed by atoms with Gasteiger partial charge in [-0.05, 0) is 20.3 Å². The molecule has 0 bridgehead atoms. The van der Waals surface area contributed by atoms with Gasteiger partial charge in [-0.2, -0.15) is 0 Å². The second-order valence-corrected chi connectivity index (χ2v) is 4.75.